The number of nitrogens with one attached hydrogen (secondary N) is 2. The number of benzene rings is 1. The number of hydrogen-bond donors (Lipinski definition) is 2. The van der Waals surface area contributed by atoms with Gasteiger partial charge >= 0.3 is 11.1 Å². The number of rotatable bonds is 0. The van der Waals surface area contributed by atoms with Gasteiger partial charge in [0.25, 0.3) is 0 Å². The van der Waals surface area contributed by atoms with Crippen LogP contribution in [0.15, 0.2) is 15.7 Å². The predicted octanol–water partition coefficient (Wildman–Crippen LogP) is 1.39. The largest absolute Gasteiger partial charge is 0.316 e. The Morgan fingerprint density at radius 1 is 1.19 bits per heavy atom. The van der Waals surface area contributed by atoms with Crippen LogP contribution in [0.25, 0.3) is 11.0 Å². The van der Waals surface area contributed by atoms with Gasteiger partial charge in [-0.25, -0.2) is 0 Å². The fraction of sp³-hybridized carbons (Fsp3) is 0. The molecule has 0 spiro atoms. The van der Waals surface area contributed by atoms with E-state index in [1.165, 1.54) is 6.07 Å². The fourth-order valence-corrected chi connectivity index (χ4v) is 1.70. The molecule has 16 heavy (non-hydrogen) atoms. The van der Waals surface area contributed by atoms with Crippen LogP contribution < -0.4 is 11.1 Å². The summed E-state index contributed by atoms with van der Waals surface area (Å²) in [4.78, 5) is 26.8. The summed E-state index contributed by atoms with van der Waals surface area (Å²) in [5.74, 6) is 0. The number of halogens is 2. The number of fused-ring (bicyclic) bond motifs is 1. The molecule has 0 saturated carbocycles. The average Bonchev–Trinajstić information content (AvgIpc) is 2.24. The van der Waals surface area contributed by atoms with E-state index in [4.69, 9.17) is 28.5 Å². The van der Waals surface area contributed by atoms with Crippen LogP contribution in [-0.4, -0.2) is 9.97 Å². The molecular formula is C9H3Cl2N3O2. The molecule has 0 bridgehead atoms. The molecule has 0 fully saturated rings. The molecule has 0 saturated heterocycles. The Kier molecular flexibility index (Phi) is 2.46. The molecule has 1 heterocycles. The van der Waals surface area contributed by atoms with E-state index < -0.39 is 11.1 Å². The first-order valence-corrected chi connectivity index (χ1v) is 4.84. The first kappa shape index (κ1) is 10.7. The van der Waals surface area contributed by atoms with Crippen LogP contribution >= 0.6 is 23.2 Å². The lowest BCUT2D eigenvalue weighted by atomic mass is 10.2. The van der Waals surface area contributed by atoms with Crippen molar-refractivity contribution in [1.29, 1.82) is 5.26 Å². The summed E-state index contributed by atoms with van der Waals surface area (Å²) in [6, 6.07) is 3.19. The Morgan fingerprint density at radius 3 is 2.44 bits per heavy atom. The molecule has 2 aromatic rings. The molecule has 0 aliphatic rings. The lowest BCUT2D eigenvalue weighted by Crippen LogP contribution is -2.29. The van der Waals surface area contributed by atoms with E-state index in [1.807, 2.05) is 6.07 Å². The highest BCUT2D eigenvalue weighted by atomic mass is 35.5. The molecule has 5 nitrogen and oxygen atoms in total. The van der Waals surface area contributed by atoms with E-state index in [-0.39, 0.29) is 26.6 Å². The third kappa shape index (κ3) is 1.48. The second kappa shape index (κ2) is 3.67. The van der Waals surface area contributed by atoms with E-state index in [9.17, 15) is 9.59 Å². The molecule has 0 unspecified atom stereocenters. The van der Waals surface area contributed by atoms with Crippen molar-refractivity contribution in [2.24, 2.45) is 0 Å². The number of aromatic nitrogens is 2. The first-order valence-electron chi connectivity index (χ1n) is 4.09. The van der Waals surface area contributed by atoms with Crippen molar-refractivity contribution < 1.29 is 0 Å². The second-order valence-corrected chi connectivity index (χ2v) is 3.78. The molecular weight excluding hydrogens is 253 g/mol. The molecule has 0 atom stereocenters. The van der Waals surface area contributed by atoms with Crippen LogP contribution in [0.5, 0.6) is 0 Å². The van der Waals surface area contributed by atoms with Gasteiger partial charge in [-0.2, -0.15) is 5.26 Å². The normalized spacial score (nSPS) is 10.3. The van der Waals surface area contributed by atoms with Crippen LogP contribution in [0.1, 0.15) is 5.56 Å². The van der Waals surface area contributed by atoms with Crippen LogP contribution in [0, 0.1) is 11.3 Å². The fourth-order valence-electron chi connectivity index (χ4n) is 1.31. The second-order valence-electron chi connectivity index (χ2n) is 2.99. The van der Waals surface area contributed by atoms with Crippen molar-refractivity contribution in [2.45, 2.75) is 0 Å². The Labute approximate surface area is 98.2 Å². The summed E-state index contributed by atoms with van der Waals surface area (Å²) >= 11 is 11.6. The van der Waals surface area contributed by atoms with Gasteiger partial charge in [-0.05, 0) is 6.07 Å². The summed E-state index contributed by atoms with van der Waals surface area (Å²) in [5, 5.41) is 9.07. The van der Waals surface area contributed by atoms with Crippen molar-refractivity contribution in [1.82, 2.24) is 9.97 Å². The number of nitrogens with zero attached hydrogens (tertiary/aromatic N) is 1. The molecule has 0 amide bonds. The van der Waals surface area contributed by atoms with E-state index in [0.717, 1.165) is 0 Å². The van der Waals surface area contributed by atoms with Gasteiger partial charge in [0.1, 0.15) is 6.07 Å². The zero-order valence-corrected chi connectivity index (χ0v) is 9.11. The van der Waals surface area contributed by atoms with Gasteiger partial charge in [-0.3, -0.25) is 9.59 Å². The number of hydrogen-bond acceptors (Lipinski definition) is 3. The highest BCUT2D eigenvalue weighted by Gasteiger charge is 2.12. The molecule has 0 radical (unpaired) electrons. The maximum atomic E-state index is 11.1. The summed E-state index contributed by atoms with van der Waals surface area (Å²) in [7, 11) is 0. The van der Waals surface area contributed by atoms with Crippen LogP contribution in [0.2, 0.25) is 10.0 Å². The van der Waals surface area contributed by atoms with Crippen molar-refractivity contribution in [3.05, 3.63) is 42.4 Å². The summed E-state index contributed by atoms with van der Waals surface area (Å²) < 4.78 is 0. The molecule has 2 rings (SSSR count). The van der Waals surface area contributed by atoms with Crippen LogP contribution in [0.4, 0.5) is 0 Å². The lowest BCUT2D eigenvalue weighted by molar-refractivity contribution is 1.14. The van der Waals surface area contributed by atoms with E-state index in [1.54, 1.807) is 0 Å². The minimum absolute atomic E-state index is 0.0255. The van der Waals surface area contributed by atoms with Crippen molar-refractivity contribution in [2.75, 3.05) is 0 Å². The van der Waals surface area contributed by atoms with Crippen LogP contribution in [0.3, 0.4) is 0 Å². The predicted molar refractivity (Wildman–Crippen MR) is 59.9 cm³/mol. The Bertz CT molecular complexity index is 739. The minimum Gasteiger partial charge on any atom is -0.316 e. The summed E-state index contributed by atoms with van der Waals surface area (Å²) in [6.45, 7) is 0. The third-order valence-electron chi connectivity index (χ3n) is 2.02. The maximum Gasteiger partial charge on any atom is 0.314 e. The average molecular weight is 256 g/mol. The zero-order chi connectivity index (χ0) is 11.9. The van der Waals surface area contributed by atoms with Gasteiger partial charge in [-0.1, -0.05) is 23.2 Å². The minimum atomic E-state index is -0.845. The van der Waals surface area contributed by atoms with E-state index in [0.29, 0.717) is 0 Å². The first-order chi connectivity index (χ1) is 7.54. The van der Waals surface area contributed by atoms with Crippen molar-refractivity contribution in [3.8, 4) is 6.07 Å². The van der Waals surface area contributed by atoms with Gasteiger partial charge in [0.2, 0.25) is 0 Å². The molecule has 80 valence electrons. The monoisotopic (exact) mass is 255 g/mol. The van der Waals surface area contributed by atoms with Gasteiger partial charge < -0.3 is 9.97 Å². The molecule has 7 heteroatoms. The Balaban J connectivity index is 3.11. The van der Waals surface area contributed by atoms with Crippen molar-refractivity contribution in [3.63, 3.8) is 0 Å². The number of nitriles is 1. The topological polar surface area (TPSA) is 89.5 Å². The van der Waals surface area contributed by atoms with Crippen LogP contribution in [-0.2, 0) is 0 Å². The maximum absolute atomic E-state index is 11.1. The lowest BCUT2D eigenvalue weighted by Gasteiger charge is -2.03. The number of aromatic amines is 2. The molecule has 2 N–H and O–H groups in total. The smallest absolute Gasteiger partial charge is 0.314 e. The SMILES string of the molecule is N#Cc1c(Cl)c(Cl)cc2[nH]c(=O)c(=O)[nH]c12. The molecule has 0 aliphatic carbocycles. The van der Waals surface area contributed by atoms with Gasteiger partial charge in [-0.15, -0.1) is 0 Å². The molecule has 1 aromatic heterocycles. The standard InChI is InChI=1S/C9H3Cl2N3O2/c10-4-1-5-7(3(2-12)6(4)11)14-9(16)8(15)13-5/h1H,(H,13,15)(H,14,16). The van der Waals surface area contributed by atoms with Gasteiger partial charge in [0.05, 0.1) is 26.6 Å². The van der Waals surface area contributed by atoms with Gasteiger partial charge in [0.15, 0.2) is 0 Å². The van der Waals surface area contributed by atoms with Crippen molar-refractivity contribution >= 4 is 34.2 Å². The quantitative estimate of drug-likeness (QED) is 0.698. The van der Waals surface area contributed by atoms with Gasteiger partial charge in [0, 0.05) is 0 Å². The van der Waals surface area contributed by atoms with E-state index in [2.05, 4.69) is 9.97 Å². The summed E-state index contributed by atoms with van der Waals surface area (Å²) in [5.41, 5.74) is -1.20. The molecule has 0 aliphatic heterocycles. The zero-order valence-electron chi connectivity index (χ0n) is 7.60. The number of H-pyrrole nitrogens is 2. The van der Waals surface area contributed by atoms with E-state index >= 15 is 0 Å². The highest BCUT2D eigenvalue weighted by Crippen LogP contribution is 2.29. The molecule has 1 aromatic carbocycles. The Hall–Kier alpha value is -1.77. The Morgan fingerprint density at radius 2 is 1.81 bits per heavy atom. The highest BCUT2D eigenvalue weighted by molar-refractivity contribution is 6.43. The third-order valence-corrected chi connectivity index (χ3v) is 2.81. The summed E-state index contributed by atoms with van der Waals surface area (Å²) in [6.07, 6.45) is 0.